The highest BCUT2D eigenvalue weighted by atomic mass is 32.1. The van der Waals surface area contributed by atoms with Crippen LogP contribution in [0.25, 0.3) is 11.3 Å². The van der Waals surface area contributed by atoms with Crippen molar-refractivity contribution in [3.05, 3.63) is 28.6 Å². The van der Waals surface area contributed by atoms with Crippen molar-refractivity contribution in [2.24, 2.45) is 0 Å². The largest absolute Gasteiger partial charge is 0.354 e. The van der Waals surface area contributed by atoms with Crippen LogP contribution in [0.1, 0.15) is 12.6 Å². The van der Waals surface area contributed by atoms with Gasteiger partial charge in [0.1, 0.15) is 0 Å². The van der Waals surface area contributed by atoms with Gasteiger partial charge >= 0.3 is 0 Å². The maximum absolute atomic E-state index is 4.45. The molecule has 0 aliphatic rings. The smallest absolute Gasteiger partial charge is 0.223 e. The topological polar surface area (TPSA) is 37.8 Å². The van der Waals surface area contributed by atoms with Gasteiger partial charge in [0.2, 0.25) is 5.95 Å². The van der Waals surface area contributed by atoms with Gasteiger partial charge in [0.05, 0.1) is 5.69 Å². The summed E-state index contributed by atoms with van der Waals surface area (Å²) in [5.41, 5.74) is 3.13. The molecular weight excluding hydrogens is 206 g/mol. The average Bonchev–Trinajstić information content (AvgIpc) is 2.70. The van der Waals surface area contributed by atoms with Crippen LogP contribution >= 0.6 is 11.3 Å². The highest BCUT2D eigenvalue weighted by Gasteiger charge is 2.03. The summed E-state index contributed by atoms with van der Waals surface area (Å²) in [6.07, 6.45) is 0. The predicted molar refractivity (Wildman–Crippen MR) is 64.2 cm³/mol. The predicted octanol–water partition coefficient (Wildman–Crippen LogP) is 2.95. The zero-order valence-electron chi connectivity index (χ0n) is 8.82. The van der Waals surface area contributed by atoms with E-state index in [0.717, 1.165) is 23.5 Å². The van der Waals surface area contributed by atoms with Crippen LogP contribution in [0.2, 0.25) is 0 Å². The molecule has 0 atom stereocenters. The standard InChI is InChI=1S/C11H13N3S/c1-3-12-11-13-8(2)6-10(14-11)9-4-5-15-7-9/h4-7H,3H2,1-2H3,(H,12,13,14). The Morgan fingerprint density at radius 3 is 2.93 bits per heavy atom. The first-order chi connectivity index (χ1) is 7.29. The summed E-state index contributed by atoms with van der Waals surface area (Å²) in [6, 6.07) is 4.07. The summed E-state index contributed by atoms with van der Waals surface area (Å²) >= 11 is 1.68. The molecule has 0 spiro atoms. The van der Waals surface area contributed by atoms with Crippen molar-refractivity contribution < 1.29 is 0 Å². The zero-order valence-corrected chi connectivity index (χ0v) is 9.64. The van der Waals surface area contributed by atoms with Crippen LogP contribution in [0, 0.1) is 6.92 Å². The molecule has 0 fully saturated rings. The number of aromatic nitrogens is 2. The summed E-state index contributed by atoms with van der Waals surface area (Å²) in [4.78, 5) is 8.76. The highest BCUT2D eigenvalue weighted by Crippen LogP contribution is 2.21. The molecule has 0 radical (unpaired) electrons. The van der Waals surface area contributed by atoms with Crippen LogP contribution in [0.3, 0.4) is 0 Å². The lowest BCUT2D eigenvalue weighted by molar-refractivity contribution is 1.06. The van der Waals surface area contributed by atoms with E-state index in [1.165, 1.54) is 0 Å². The lowest BCUT2D eigenvalue weighted by Gasteiger charge is -2.05. The number of hydrogen-bond donors (Lipinski definition) is 1. The Labute approximate surface area is 93.2 Å². The van der Waals surface area contributed by atoms with Gasteiger partial charge in [-0.15, -0.1) is 0 Å². The molecule has 0 aromatic carbocycles. The number of aryl methyl sites for hydroxylation is 1. The molecule has 3 nitrogen and oxygen atoms in total. The number of anilines is 1. The molecule has 2 heterocycles. The van der Waals surface area contributed by atoms with Crippen molar-refractivity contribution in [3.8, 4) is 11.3 Å². The van der Waals surface area contributed by atoms with Crippen molar-refractivity contribution in [3.63, 3.8) is 0 Å². The summed E-state index contributed by atoms with van der Waals surface area (Å²) in [7, 11) is 0. The third-order valence-electron chi connectivity index (χ3n) is 2.01. The maximum atomic E-state index is 4.45. The summed E-state index contributed by atoms with van der Waals surface area (Å²) in [5, 5.41) is 7.28. The molecular formula is C11H13N3S. The van der Waals surface area contributed by atoms with Crippen molar-refractivity contribution in [2.75, 3.05) is 11.9 Å². The Bertz CT molecular complexity index is 437. The molecule has 0 aliphatic heterocycles. The second-order valence-electron chi connectivity index (χ2n) is 3.26. The summed E-state index contributed by atoms with van der Waals surface area (Å²) < 4.78 is 0. The normalized spacial score (nSPS) is 10.3. The fourth-order valence-corrected chi connectivity index (χ4v) is 2.01. The van der Waals surface area contributed by atoms with Gasteiger partial charge in [0, 0.05) is 23.2 Å². The molecule has 0 aliphatic carbocycles. The van der Waals surface area contributed by atoms with E-state index in [1.807, 2.05) is 19.9 Å². The van der Waals surface area contributed by atoms with Gasteiger partial charge in [-0.1, -0.05) is 0 Å². The van der Waals surface area contributed by atoms with Crippen molar-refractivity contribution in [1.29, 1.82) is 0 Å². The van der Waals surface area contributed by atoms with Crippen molar-refractivity contribution in [1.82, 2.24) is 9.97 Å². The third-order valence-corrected chi connectivity index (χ3v) is 2.69. The highest BCUT2D eigenvalue weighted by molar-refractivity contribution is 7.08. The molecule has 1 N–H and O–H groups in total. The van der Waals surface area contributed by atoms with E-state index >= 15 is 0 Å². The number of nitrogens with one attached hydrogen (secondary N) is 1. The molecule has 0 unspecified atom stereocenters. The van der Waals surface area contributed by atoms with Crippen molar-refractivity contribution >= 4 is 17.3 Å². The van der Waals surface area contributed by atoms with Crippen LogP contribution in [0.4, 0.5) is 5.95 Å². The van der Waals surface area contributed by atoms with Gasteiger partial charge in [-0.3, -0.25) is 0 Å². The van der Waals surface area contributed by atoms with Crippen LogP contribution in [-0.2, 0) is 0 Å². The average molecular weight is 219 g/mol. The van der Waals surface area contributed by atoms with Gasteiger partial charge in [0.15, 0.2) is 0 Å². The minimum absolute atomic E-state index is 0.707. The lowest BCUT2D eigenvalue weighted by atomic mass is 10.2. The number of nitrogens with zero attached hydrogens (tertiary/aromatic N) is 2. The van der Waals surface area contributed by atoms with Gasteiger partial charge < -0.3 is 5.32 Å². The first-order valence-corrected chi connectivity index (χ1v) is 5.86. The van der Waals surface area contributed by atoms with E-state index in [-0.39, 0.29) is 0 Å². The van der Waals surface area contributed by atoms with E-state index < -0.39 is 0 Å². The minimum Gasteiger partial charge on any atom is -0.354 e. The molecule has 2 aromatic rings. The Morgan fingerprint density at radius 2 is 2.27 bits per heavy atom. The van der Waals surface area contributed by atoms with Crippen LogP contribution in [0.15, 0.2) is 22.9 Å². The molecule has 4 heteroatoms. The Balaban J connectivity index is 2.40. The van der Waals surface area contributed by atoms with Gasteiger partial charge in [-0.2, -0.15) is 11.3 Å². The van der Waals surface area contributed by atoms with E-state index in [9.17, 15) is 0 Å². The molecule has 2 rings (SSSR count). The van der Waals surface area contributed by atoms with Gasteiger partial charge in [-0.05, 0) is 31.4 Å². The zero-order chi connectivity index (χ0) is 10.7. The van der Waals surface area contributed by atoms with Crippen LogP contribution in [-0.4, -0.2) is 16.5 Å². The second kappa shape index (κ2) is 4.40. The van der Waals surface area contributed by atoms with Gasteiger partial charge in [0.25, 0.3) is 0 Å². The second-order valence-corrected chi connectivity index (χ2v) is 4.04. The Hall–Kier alpha value is -1.42. The summed E-state index contributed by atoms with van der Waals surface area (Å²) in [6.45, 7) is 4.86. The fraction of sp³-hybridized carbons (Fsp3) is 0.273. The van der Waals surface area contributed by atoms with E-state index in [2.05, 4.69) is 32.1 Å². The quantitative estimate of drug-likeness (QED) is 0.862. The molecule has 15 heavy (non-hydrogen) atoms. The minimum atomic E-state index is 0.707. The first-order valence-electron chi connectivity index (χ1n) is 4.91. The molecule has 0 bridgehead atoms. The first kappa shape index (κ1) is 10.1. The third kappa shape index (κ3) is 2.33. The number of hydrogen-bond acceptors (Lipinski definition) is 4. The molecule has 0 saturated heterocycles. The van der Waals surface area contributed by atoms with E-state index in [1.54, 1.807) is 11.3 Å². The fourth-order valence-electron chi connectivity index (χ4n) is 1.36. The lowest BCUT2D eigenvalue weighted by Crippen LogP contribution is -2.03. The molecule has 0 saturated carbocycles. The summed E-state index contributed by atoms with van der Waals surface area (Å²) in [5.74, 6) is 0.707. The molecule has 2 aromatic heterocycles. The van der Waals surface area contributed by atoms with E-state index in [4.69, 9.17) is 0 Å². The van der Waals surface area contributed by atoms with Gasteiger partial charge in [-0.25, -0.2) is 9.97 Å². The Morgan fingerprint density at radius 1 is 1.40 bits per heavy atom. The van der Waals surface area contributed by atoms with Crippen molar-refractivity contribution in [2.45, 2.75) is 13.8 Å². The SMILES string of the molecule is CCNc1nc(C)cc(-c2ccsc2)n1. The molecule has 78 valence electrons. The Kier molecular flexibility index (Phi) is 2.97. The van der Waals surface area contributed by atoms with Crippen LogP contribution in [0.5, 0.6) is 0 Å². The van der Waals surface area contributed by atoms with Crippen LogP contribution < -0.4 is 5.32 Å². The monoisotopic (exact) mass is 219 g/mol. The molecule has 0 amide bonds. The number of thiophene rings is 1. The maximum Gasteiger partial charge on any atom is 0.223 e. The number of rotatable bonds is 3. The van der Waals surface area contributed by atoms with E-state index in [0.29, 0.717) is 5.95 Å².